The summed E-state index contributed by atoms with van der Waals surface area (Å²) in [5.41, 5.74) is 10.2. The fraction of sp³-hybridized carbons (Fsp3) is 0.318. The number of anilines is 1. The number of nitrogens with two attached hydrogens (primary N) is 1. The fourth-order valence-electron chi connectivity index (χ4n) is 4.72. The minimum absolute atomic E-state index is 0.480. The van der Waals surface area contributed by atoms with Gasteiger partial charge in [-0.1, -0.05) is 12.1 Å². The minimum atomic E-state index is 0.480. The van der Waals surface area contributed by atoms with Crippen LogP contribution in [0, 0.1) is 0 Å². The van der Waals surface area contributed by atoms with Crippen LogP contribution in [0.4, 0.5) is 5.82 Å². The van der Waals surface area contributed by atoms with E-state index in [1.165, 1.54) is 12.8 Å². The van der Waals surface area contributed by atoms with Crippen molar-refractivity contribution in [3.8, 4) is 21.7 Å². The normalized spacial score (nSPS) is 23.7. The van der Waals surface area contributed by atoms with Crippen molar-refractivity contribution >= 4 is 27.4 Å². The summed E-state index contributed by atoms with van der Waals surface area (Å²) in [5.74, 6) is 0.509. The van der Waals surface area contributed by atoms with Gasteiger partial charge in [0.1, 0.15) is 10.8 Å². The van der Waals surface area contributed by atoms with Gasteiger partial charge in [0.15, 0.2) is 0 Å². The van der Waals surface area contributed by atoms with E-state index in [1.807, 2.05) is 30.6 Å². The third-order valence-electron chi connectivity index (χ3n) is 6.20. The SMILES string of the molecule is Nc1ncc(-c2cnn(C3CC4CCC(C3)N4)c2)cc1-c1nc2ccccc2s1. The van der Waals surface area contributed by atoms with E-state index in [-0.39, 0.29) is 0 Å². The Balaban J connectivity index is 1.34. The summed E-state index contributed by atoms with van der Waals surface area (Å²) in [6, 6.07) is 12.0. The average Bonchev–Trinajstić information content (AvgIpc) is 3.46. The Kier molecular flexibility index (Phi) is 3.92. The van der Waals surface area contributed by atoms with Crippen LogP contribution in [0.15, 0.2) is 48.9 Å². The molecular weight excluding hydrogens is 380 g/mol. The van der Waals surface area contributed by atoms with Crippen LogP contribution in [0.1, 0.15) is 31.7 Å². The van der Waals surface area contributed by atoms with E-state index in [0.29, 0.717) is 23.9 Å². The van der Waals surface area contributed by atoms with E-state index in [9.17, 15) is 0 Å². The van der Waals surface area contributed by atoms with Gasteiger partial charge < -0.3 is 11.1 Å². The molecule has 0 radical (unpaired) electrons. The zero-order valence-electron chi connectivity index (χ0n) is 16.0. The summed E-state index contributed by atoms with van der Waals surface area (Å²) in [6.07, 6.45) is 10.8. The van der Waals surface area contributed by atoms with Gasteiger partial charge in [-0.2, -0.15) is 5.10 Å². The molecule has 2 saturated heterocycles. The monoisotopic (exact) mass is 402 g/mol. The molecule has 0 saturated carbocycles. The number of hydrogen-bond donors (Lipinski definition) is 2. The number of nitrogens with zero attached hydrogens (tertiary/aromatic N) is 4. The van der Waals surface area contributed by atoms with Gasteiger partial charge in [0, 0.05) is 35.6 Å². The van der Waals surface area contributed by atoms with Crippen LogP contribution in [-0.2, 0) is 0 Å². The molecular formula is C22H22N6S. The molecule has 0 spiro atoms. The van der Waals surface area contributed by atoms with Crippen molar-refractivity contribution in [1.82, 2.24) is 25.1 Å². The largest absolute Gasteiger partial charge is 0.383 e. The smallest absolute Gasteiger partial charge is 0.133 e. The molecule has 7 heteroatoms. The molecule has 2 aliphatic heterocycles. The van der Waals surface area contributed by atoms with Crippen molar-refractivity contribution in [3.63, 3.8) is 0 Å². The number of fused-ring (bicyclic) bond motifs is 3. The molecule has 3 N–H and O–H groups in total. The zero-order valence-corrected chi connectivity index (χ0v) is 16.8. The summed E-state index contributed by atoms with van der Waals surface area (Å²) in [5, 5.41) is 9.29. The van der Waals surface area contributed by atoms with Gasteiger partial charge in [-0.15, -0.1) is 11.3 Å². The number of thiazole rings is 1. The Bertz CT molecular complexity index is 1150. The molecule has 1 aromatic carbocycles. The van der Waals surface area contributed by atoms with Crippen LogP contribution >= 0.6 is 11.3 Å². The number of aromatic nitrogens is 4. The molecule has 146 valence electrons. The summed E-state index contributed by atoms with van der Waals surface area (Å²) < 4.78 is 3.30. The summed E-state index contributed by atoms with van der Waals surface area (Å²) >= 11 is 1.64. The highest BCUT2D eigenvalue weighted by molar-refractivity contribution is 7.21. The van der Waals surface area contributed by atoms with E-state index in [1.54, 1.807) is 11.3 Å². The number of piperidine rings is 1. The molecule has 6 nitrogen and oxygen atoms in total. The van der Waals surface area contributed by atoms with Crippen LogP contribution in [0.5, 0.6) is 0 Å². The number of hydrogen-bond acceptors (Lipinski definition) is 6. The van der Waals surface area contributed by atoms with Gasteiger partial charge in [0.2, 0.25) is 0 Å². The van der Waals surface area contributed by atoms with Gasteiger partial charge in [-0.3, -0.25) is 4.68 Å². The van der Waals surface area contributed by atoms with Crippen molar-refractivity contribution < 1.29 is 0 Å². The Morgan fingerprint density at radius 1 is 1.07 bits per heavy atom. The first-order valence-electron chi connectivity index (χ1n) is 10.1. The Morgan fingerprint density at radius 3 is 2.72 bits per heavy atom. The maximum Gasteiger partial charge on any atom is 0.133 e. The second kappa shape index (κ2) is 6.64. The summed E-state index contributed by atoms with van der Waals surface area (Å²) in [7, 11) is 0. The van der Waals surface area contributed by atoms with Crippen LogP contribution in [0.3, 0.4) is 0 Å². The van der Waals surface area contributed by atoms with Gasteiger partial charge >= 0.3 is 0 Å². The van der Waals surface area contributed by atoms with E-state index < -0.39 is 0 Å². The van der Waals surface area contributed by atoms with Gasteiger partial charge in [0.05, 0.1) is 28.0 Å². The predicted octanol–water partition coefficient (Wildman–Crippen LogP) is 4.26. The number of para-hydroxylation sites is 1. The molecule has 29 heavy (non-hydrogen) atoms. The third-order valence-corrected chi connectivity index (χ3v) is 7.27. The number of pyridine rings is 1. The van der Waals surface area contributed by atoms with E-state index in [2.05, 4.69) is 38.4 Å². The Hall–Kier alpha value is -2.77. The molecule has 0 aliphatic carbocycles. The minimum Gasteiger partial charge on any atom is -0.383 e. The number of rotatable bonds is 3. The molecule has 2 unspecified atom stereocenters. The lowest BCUT2D eigenvalue weighted by atomic mass is 10.00. The molecule has 0 amide bonds. The summed E-state index contributed by atoms with van der Waals surface area (Å²) in [4.78, 5) is 9.21. The number of benzene rings is 1. The lowest BCUT2D eigenvalue weighted by molar-refractivity contribution is 0.281. The van der Waals surface area contributed by atoms with Crippen LogP contribution in [0.2, 0.25) is 0 Å². The highest BCUT2D eigenvalue weighted by Crippen LogP contribution is 2.36. The second-order valence-corrected chi connectivity index (χ2v) is 9.15. The molecule has 4 aromatic rings. The molecule has 2 fully saturated rings. The Morgan fingerprint density at radius 2 is 1.90 bits per heavy atom. The van der Waals surface area contributed by atoms with E-state index in [0.717, 1.165) is 44.8 Å². The molecule has 6 rings (SSSR count). The van der Waals surface area contributed by atoms with Gasteiger partial charge in [0.25, 0.3) is 0 Å². The molecule has 3 aromatic heterocycles. The van der Waals surface area contributed by atoms with Crippen LogP contribution < -0.4 is 11.1 Å². The maximum absolute atomic E-state index is 6.21. The first-order valence-corrected chi connectivity index (χ1v) is 11.0. The zero-order chi connectivity index (χ0) is 19.4. The highest BCUT2D eigenvalue weighted by Gasteiger charge is 2.34. The molecule has 2 aliphatic rings. The lowest BCUT2D eigenvalue weighted by Gasteiger charge is -2.29. The van der Waals surface area contributed by atoms with Crippen LogP contribution in [-0.4, -0.2) is 31.8 Å². The first kappa shape index (κ1) is 17.1. The average molecular weight is 403 g/mol. The number of nitrogen functional groups attached to an aromatic ring is 1. The lowest BCUT2D eigenvalue weighted by Crippen LogP contribution is -2.38. The predicted molar refractivity (Wildman–Crippen MR) is 117 cm³/mol. The Labute approximate surface area is 172 Å². The third kappa shape index (κ3) is 3.01. The molecule has 5 heterocycles. The van der Waals surface area contributed by atoms with Gasteiger partial charge in [-0.05, 0) is 43.9 Å². The van der Waals surface area contributed by atoms with Crippen molar-refractivity contribution in [2.24, 2.45) is 0 Å². The van der Waals surface area contributed by atoms with Crippen molar-refractivity contribution in [2.75, 3.05) is 5.73 Å². The quantitative estimate of drug-likeness (QED) is 0.535. The second-order valence-electron chi connectivity index (χ2n) is 8.12. The van der Waals surface area contributed by atoms with Crippen molar-refractivity contribution in [1.29, 1.82) is 0 Å². The van der Waals surface area contributed by atoms with E-state index >= 15 is 0 Å². The topological polar surface area (TPSA) is 81.6 Å². The van der Waals surface area contributed by atoms with Crippen molar-refractivity contribution in [3.05, 3.63) is 48.9 Å². The molecule has 2 bridgehead atoms. The maximum atomic E-state index is 6.21. The number of nitrogens with one attached hydrogen (secondary N) is 1. The highest BCUT2D eigenvalue weighted by atomic mass is 32.1. The molecule has 2 atom stereocenters. The fourth-order valence-corrected chi connectivity index (χ4v) is 5.71. The van der Waals surface area contributed by atoms with Crippen LogP contribution in [0.25, 0.3) is 31.9 Å². The van der Waals surface area contributed by atoms with E-state index in [4.69, 9.17) is 10.7 Å². The standard InChI is InChI=1S/C22H22N6S/c23-21-18(22-27-19-3-1-2-4-20(19)29-22)7-13(10-24-21)14-11-25-28(12-14)17-8-15-5-6-16(9-17)26-15/h1-4,7,10-12,15-17,26H,5-6,8-9H2,(H2,23,24). The van der Waals surface area contributed by atoms with Gasteiger partial charge in [-0.25, -0.2) is 9.97 Å². The summed E-state index contributed by atoms with van der Waals surface area (Å²) in [6.45, 7) is 0. The first-order chi connectivity index (χ1) is 14.2. The van der Waals surface area contributed by atoms with Crippen molar-refractivity contribution in [2.45, 2.75) is 43.8 Å².